The molecule has 1 aromatic heterocycles. The van der Waals surface area contributed by atoms with E-state index in [0.717, 1.165) is 0 Å². The van der Waals surface area contributed by atoms with E-state index in [2.05, 4.69) is 6.07 Å². The third-order valence-corrected chi connectivity index (χ3v) is 2.94. The van der Waals surface area contributed by atoms with Crippen molar-refractivity contribution in [3.05, 3.63) is 24.5 Å². The standard InChI is InChI=1S/C12H16N2O/c1-10(2)12(3,9-13)8-11(15)14-6-4-5-7-14/h4-7,10H,8H2,1-3H3. The summed E-state index contributed by atoms with van der Waals surface area (Å²) in [5.74, 6) is 0.139. The van der Waals surface area contributed by atoms with Gasteiger partial charge in [0.05, 0.1) is 11.5 Å². The van der Waals surface area contributed by atoms with Crippen molar-refractivity contribution in [2.24, 2.45) is 11.3 Å². The highest BCUT2D eigenvalue weighted by molar-refractivity contribution is 5.79. The lowest BCUT2D eigenvalue weighted by Gasteiger charge is -2.24. The van der Waals surface area contributed by atoms with Gasteiger partial charge in [-0.1, -0.05) is 13.8 Å². The van der Waals surface area contributed by atoms with Crippen molar-refractivity contribution in [3.8, 4) is 6.07 Å². The highest BCUT2D eigenvalue weighted by atomic mass is 16.2. The molecule has 0 fully saturated rings. The van der Waals surface area contributed by atoms with Gasteiger partial charge in [0, 0.05) is 18.8 Å². The molecule has 80 valence electrons. The van der Waals surface area contributed by atoms with E-state index >= 15 is 0 Å². The van der Waals surface area contributed by atoms with Crippen molar-refractivity contribution in [2.75, 3.05) is 0 Å². The third kappa shape index (κ3) is 2.47. The average Bonchev–Trinajstić information content (AvgIpc) is 2.70. The lowest BCUT2D eigenvalue weighted by atomic mass is 9.77. The topological polar surface area (TPSA) is 45.8 Å². The molecular weight excluding hydrogens is 188 g/mol. The summed E-state index contributed by atoms with van der Waals surface area (Å²) in [7, 11) is 0. The molecule has 1 rings (SSSR count). The van der Waals surface area contributed by atoms with Crippen LogP contribution in [0.3, 0.4) is 0 Å². The highest BCUT2D eigenvalue weighted by Crippen LogP contribution is 2.30. The Balaban J connectivity index is 2.78. The van der Waals surface area contributed by atoms with Crippen LogP contribution in [0.4, 0.5) is 0 Å². The maximum atomic E-state index is 11.8. The smallest absolute Gasteiger partial charge is 0.232 e. The molecule has 3 nitrogen and oxygen atoms in total. The second kappa shape index (κ2) is 4.31. The molecule has 0 aliphatic rings. The van der Waals surface area contributed by atoms with Gasteiger partial charge in [0.1, 0.15) is 0 Å². The Kier molecular flexibility index (Phi) is 3.31. The highest BCUT2D eigenvalue weighted by Gasteiger charge is 2.31. The van der Waals surface area contributed by atoms with Gasteiger partial charge in [-0.3, -0.25) is 9.36 Å². The van der Waals surface area contributed by atoms with Gasteiger partial charge in [0.2, 0.25) is 5.91 Å². The number of hydrogen-bond acceptors (Lipinski definition) is 2. The number of aromatic nitrogens is 1. The molecule has 0 saturated heterocycles. The first-order valence-corrected chi connectivity index (χ1v) is 5.07. The molecule has 0 aliphatic carbocycles. The molecule has 3 heteroatoms. The quantitative estimate of drug-likeness (QED) is 0.759. The molecule has 0 aromatic carbocycles. The first kappa shape index (κ1) is 11.5. The van der Waals surface area contributed by atoms with E-state index < -0.39 is 5.41 Å². The van der Waals surface area contributed by atoms with Crippen LogP contribution < -0.4 is 0 Å². The van der Waals surface area contributed by atoms with E-state index in [-0.39, 0.29) is 18.2 Å². The van der Waals surface area contributed by atoms with Crippen molar-refractivity contribution in [1.82, 2.24) is 4.57 Å². The Hall–Kier alpha value is -1.56. The summed E-state index contributed by atoms with van der Waals surface area (Å²) >= 11 is 0. The van der Waals surface area contributed by atoms with Crippen LogP contribution >= 0.6 is 0 Å². The SMILES string of the molecule is CC(C)C(C)(C#N)CC(=O)n1cccc1. The van der Waals surface area contributed by atoms with Crippen molar-refractivity contribution in [2.45, 2.75) is 27.2 Å². The second-order valence-electron chi connectivity index (χ2n) is 4.34. The van der Waals surface area contributed by atoms with E-state index in [0.29, 0.717) is 0 Å². The minimum Gasteiger partial charge on any atom is -0.295 e. The van der Waals surface area contributed by atoms with Gasteiger partial charge in [0.25, 0.3) is 0 Å². The predicted octanol–water partition coefficient (Wildman–Crippen LogP) is 2.70. The second-order valence-corrected chi connectivity index (χ2v) is 4.34. The number of carbonyl (C=O) groups excluding carboxylic acids is 1. The normalized spacial score (nSPS) is 14.6. The maximum absolute atomic E-state index is 11.8. The van der Waals surface area contributed by atoms with Crippen molar-refractivity contribution in [3.63, 3.8) is 0 Å². The lowest BCUT2D eigenvalue weighted by Crippen LogP contribution is -2.27. The number of nitrogens with zero attached hydrogens (tertiary/aromatic N) is 2. The molecule has 0 radical (unpaired) electrons. The maximum Gasteiger partial charge on any atom is 0.232 e. The zero-order chi connectivity index (χ0) is 11.5. The van der Waals surface area contributed by atoms with Gasteiger partial charge in [-0.25, -0.2) is 0 Å². The summed E-state index contributed by atoms with van der Waals surface area (Å²) in [6.45, 7) is 5.76. The first-order valence-electron chi connectivity index (χ1n) is 5.07. The minimum atomic E-state index is -0.582. The van der Waals surface area contributed by atoms with Gasteiger partial charge in [-0.2, -0.15) is 5.26 Å². The molecule has 1 aromatic rings. The Morgan fingerprint density at radius 1 is 1.47 bits per heavy atom. The largest absolute Gasteiger partial charge is 0.295 e. The summed E-state index contributed by atoms with van der Waals surface area (Å²) in [5.41, 5.74) is -0.582. The van der Waals surface area contributed by atoms with E-state index in [1.165, 1.54) is 4.57 Å². The summed E-state index contributed by atoms with van der Waals surface area (Å²) < 4.78 is 1.53. The predicted molar refractivity (Wildman–Crippen MR) is 58.2 cm³/mol. The van der Waals surface area contributed by atoms with E-state index in [1.54, 1.807) is 24.5 Å². The van der Waals surface area contributed by atoms with Crippen LogP contribution in [0.2, 0.25) is 0 Å². The van der Waals surface area contributed by atoms with Gasteiger partial charge in [-0.05, 0) is 25.0 Å². The number of rotatable bonds is 3. The summed E-state index contributed by atoms with van der Waals surface area (Å²) in [6.07, 6.45) is 3.68. The fourth-order valence-electron chi connectivity index (χ4n) is 1.28. The van der Waals surface area contributed by atoms with Crippen LogP contribution in [0.1, 0.15) is 32.0 Å². The van der Waals surface area contributed by atoms with E-state index in [9.17, 15) is 4.79 Å². The summed E-state index contributed by atoms with van der Waals surface area (Å²) in [5, 5.41) is 9.09. The molecule has 1 heterocycles. The molecule has 1 atom stereocenters. The van der Waals surface area contributed by atoms with Gasteiger partial charge < -0.3 is 0 Å². The fourth-order valence-corrected chi connectivity index (χ4v) is 1.28. The molecule has 0 bridgehead atoms. The Bertz CT molecular complexity index is 373. The Labute approximate surface area is 90.3 Å². The molecule has 0 saturated carbocycles. The molecular formula is C12H16N2O. The van der Waals surface area contributed by atoms with E-state index in [1.807, 2.05) is 20.8 Å². The molecule has 15 heavy (non-hydrogen) atoms. The van der Waals surface area contributed by atoms with Crippen LogP contribution in [0.5, 0.6) is 0 Å². The summed E-state index contributed by atoms with van der Waals surface area (Å²) in [4.78, 5) is 11.8. The molecule has 0 aliphatic heterocycles. The van der Waals surface area contributed by atoms with Crippen molar-refractivity contribution >= 4 is 5.91 Å². The van der Waals surface area contributed by atoms with Crippen LogP contribution in [-0.2, 0) is 0 Å². The number of hydrogen-bond donors (Lipinski definition) is 0. The van der Waals surface area contributed by atoms with Gasteiger partial charge >= 0.3 is 0 Å². The van der Waals surface area contributed by atoms with E-state index in [4.69, 9.17) is 5.26 Å². The minimum absolute atomic E-state index is 0.0299. The zero-order valence-corrected chi connectivity index (χ0v) is 9.40. The third-order valence-electron chi connectivity index (χ3n) is 2.94. The number of carbonyl (C=O) groups is 1. The average molecular weight is 204 g/mol. The Morgan fingerprint density at radius 2 is 2.00 bits per heavy atom. The monoisotopic (exact) mass is 204 g/mol. The molecule has 0 spiro atoms. The lowest BCUT2D eigenvalue weighted by molar-refractivity contribution is 0.0841. The van der Waals surface area contributed by atoms with Crippen LogP contribution in [0.25, 0.3) is 0 Å². The van der Waals surface area contributed by atoms with Crippen molar-refractivity contribution < 1.29 is 4.79 Å². The molecule has 1 unspecified atom stereocenters. The van der Waals surface area contributed by atoms with Crippen LogP contribution in [0, 0.1) is 22.7 Å². The zero-order valence-electron chi connectivity index (χ0n) is 9.40. The molecule has 0 N–H and O–H groups in total. The fraction of sp³-hybridized carbons (Fsp3) is 0.500. The van der Waals surface area contributed by atoms with Crippen LogP contribution in [0.15, 0.2) is 24.5 Å². The first-order chi connectivity index (χ1) is 6.99. The Morgan fingerprint density at radius 3 is 2.40 bits per heavy atom. The summed E-state index contributed by atoms with van der Waals surface area (Å²) in [6, 6.07) is 5.84. The molecule has 0 amide bonds. The van der Waals surface area contributed by atoms with Crippen LogP contribution in [-0.4, -0.2) is 10.5 Å². The van der Waals surface area contributed by atoms with Crippen molar-refractivity contribution in [1.29, 1.82) is 5.26 Å². The van der Waals surface area contributed by atoms with Gasteiger partial charge in [0.15, 0.2) is 0 Å². The van der Waals surface area contributed by atoms with Gasteiger partial charge in [-0.15, -0.1) is 0 Å². The number of nitriles is 1.